The van der Waals surface area contributed by atoms with Crippen LogP contribution in [0.5, 0.6) is 0 Å². The Morgan fingerprint density at radius 1 is 1.12 bits per heavy atom. The van der Waals surface area contributed by atoms with E-state index in [1.54, 1.807) is 5.57 Å². The van der Waals surface area contributed by atoms with Crippen molar-refractivity contribution in [2.45, 2.75) is 57.8 Å². The van der Waals surface area contributed by atoms with Gasteiger partial charge in [-0.15, -0.1) is 6.58 Å². The van der Waals surface area contributed by atoms with Crippen LogP contribution in [0.1, 0.15) is 57.8 Å². The molecule has 17 heavy (non-hydrogen) atoms. The number of allylic oxidation sites excluding steroid dienone is 4. The Balaban J connectivity index is 1.80. The monoisotopic (exact) mass is 230 g/mol. The van der Waals surface area contributed by atoms with E-state index in [1.807, 2.05) is 0 Å². The third-order valence-corrected chi connectivity index (χ3v) is 4.58. The van der Waals surface area contributed by atoms with Gasteiger partial charge in [-0.05, 0) is 62.4 Å². The van der Waals surface area contributed by atoms with E-state index in [1.165, 1.54) is 63.4 Å². The van der Waals surface area contributed by atoms with Crippen LogP contribution >= 0.6 is 0 Å². The summed E-state index contributed by atoms with van der Waals surface area (Å²) < 4.78 is 0. The zero-order valence-electron chi connectivity index (χ0n) is 11.1. The first-order valence-electron chi connectivity index (χ1n) is 7.31. The minimum atomic E-state index is 0.786. The molecule has 0 heteroatoms. The SMILES string of the molecule is C=CC1CCCCC1CC/C=C1\CCCC1=C. The molecule has 0 aromatic carbocycles. The number of rotatable bonds is 4. The van der Waals surface area contributed by atoms with Crippen molar-refractivity contribution in [3.8, 4) is 0 Å². The highest BCUT2D eigenvalue weighted by atomic mass is 14.3. The van der Waals surface area contributed by atoms with E-state index in [2.05, 4.69) is 25.3 Å². The fourth-order valence-electron chi connectivity index (χ4n) is 3.45. The highest BCUT2D eigenvalue weighted by Gasteiger charge is 2.21. The summed E-state index contributed by atoms with van der Waals surface area (Å²) in [6.07, 6.45) is 16.7. The molecule has 2 atom stereocenters. The van der Waals surface area contributed by atoms with E-state index >= 15 is 0 Å². The second-order valence-corrected chi connectivity index (χ2v) is 5.71. The molecular formula is C17H26. The normalized spacial score (nSPS) is 32.0. The van der Waals surface area contributed by atoms with Crippen LogP contribution in [0.15, 0.2) is 36.5 Å². The molecule has 0 N–H and O–H groups in total. The standard InChI is InChI=1S/C17H26/c1-3-15-9-4-5-10-17(15)13-7-12-16-11-6-8-14(16)2/h3,12,15,17H,1-2,4-11,13H2/b16-12+. The molecule has 0 heterocycles. The minimum Gasteiger partial charge on any atom is -0.103 e. The van der Waals surface area contributed by atoms with Crippen molar-refractivity contribution in [3.05, 3.63) is 36.5 Å². The highest BCUT2D eigenvalue weighted by molar-refractivity contribution is 5.32. The lowest BCUT2D eigenvalue weighted by Crippen LogP contribution is -2.17. The van der Waals surface area contributed by atoms with Gasteiger partial charge in [0.15, 0.2) is 0 Å². The third-order valence-electron chi connectivity index (χ3n) is 4.58. The summed E-state index contributed by atoms with van der Waals surface area (Å²) in [5.74, 6) is 1.68. The first-order valence-corrected chi connectivity index (χ1v) is 7.31. The van der Waals surface area contributed by atoms with Gasteiger partial charge in [0.05, 0.1) is 0 Å². The van der Waals surface area contributed by atoms with E-state index < -0.39 is 0 Å². The lowest BCUT2D eigenvalue weighted by atomic mass is 9.77. The van der Waals surface area contributed by atoms with Gasteiger partial charge in [0.2, 0.25) is 0 Å². The second-order valence-electron chi connectivity index (χ2n) is 5.71. The smallest absolute Gasteiger partial charge is 0.0208 e. The maximum Gasteiger partial charge on any atom is -0.0208 e. The van der Waals surface area contributed by atoms with Crippen LogP contribution in [-0.2, 0) is 0 Å². The topological polar surface area (TPSA) is 0 Å². The van der Waals surface area contributed by atoms with Gasteiger partial charge in [-0.2, -0.15) is 0 Å². The molecule has 0 aromatic heterocycles. The second kappa shape index (κ2) is 6.23. The summed E-state index contributed by atoms with van der Waals surface area (Å²) in [5.41, 5.74) is 2.95. The first kappa shape index (κ1) is 12.7. The van der Waals surface area contributed by atoms with Crippen LogP contribution in [0.25, 0.3) is 0 Å². The van der Waals surface area contributed by atoms with Crippen molar-refractivity contribution in [1.82, 2.24) is 0 Å². The number of hydrogen-bond donors (Lipinski definition) is 0. The van der Waals surface area contributed by atoms with Gasteiger partial charge in [0, 0.05) is 0 Å². The Kier molecular flexibility index (Phi) is 4.65. The van der Waals surface area contributed by atoms with E-state index in [0.29, 0.717) is 0 Å². The Labute approximate surface area is 106 Å². The molecule has 2 rings (SSSR count). The van der Waals surface area contributed by atoms with Crippen LogP contribution in [0.3, 0.4) is 0 Å². The predicted molar refractivity (Wildman–Crippen MR) is 76.0 cm³/mol. The molecule has 0 bridgehead atoms. The van der Waals surface area contributed by atoms with E-state index in [9.17, 15) is 0 Å². The van der Waals surface area contributed by atoms with Gasteiger partial charge in [0.25, 0.3) is 0 Å². The fraction of sp³-hybridized carbons (Fsp3) is 0.647. The third kappa shape index (κ3) is 3.34. The van der Waals surface area contributed by atoms with Crippen molar-refractivity contribution in [2.24, 2.45) is 11.8 Å². The maximum absolute atomic E-state index is 4.15. The molecule has 2 fully saturated rings. The average molecular weight is 230 g/mol. The molecule has 0 aliphatic heterocycles. The minimum absolute atomic E-state index is 0.786. The van der Waals surface area contributed by atoms with Crippen molar-refractivity contribution < 1.29 is 0 Å². The predicted octanol–water partition coefficient (Wildman–Crippen LogP) is 5.43. The number of hydrogen-bond acceptors (Lipinski definition) is 0. The lowest BCUT2D eigenvalue weighted by Gasteiger charge is -2.29. The molecular weight excluding hydrogens is 204 g/mol. The summed E-state index contributed by atoms with van der Waals surface area (Å²) in [5, 5.41) is 0. The van der Waals surface area contributed by atoms with Crippen LogP contribution in [0, 0.1) is 11.8 Å². The van der Waals surface area contributed by atoms with Crippen molar-refractivity contribution >= 4 is 0 Å². The van der Waals surface area contributed by atoms with Crippen LogP contribution < -0.4 is 0 Å². The van der Waals surface area contributed by atoms with Gasteiger partial charge < -0.3 is 0 Å². The molecule has 2 unspecified atom stereocenters. The van der Waals surface area contributed by atoms with E-state index in [0.717, 1.165) is 11.8 Å². The average Bonchev–Trinajstić information content (AvgIpc) is 2.76. The van der Waals surface area contributed by atoms with Crippen LogP contribution in [0.4, 0.5) is 0 Å². The van der Waals surface area contributed by atoms with E-state index in [4.69, 9.17) is 0 Å². The molecule has 0 radical (unpaired) electrons. The Hall–Kier alpha value is -0.780. The van der Waals surface area contributed by atoms with Gasteiger partial charge >= 0.3 is 0 Å². The summed E-state index contributed by atoms with van der Waals surface area (Å²) in [7, 11) is 0. The van der Waals surface area contributed by atoms with E-state index in [-0.39, 0.29) is 0 Å². The van der Waals surface area contributed by atoms with Gasteiger partial charge in [-0.3, -0.25) is 0 Å². The molecule has 0 nitrogen and oxygen atoms in total. The Bertz CT molecular complexity index is 308. The summed E-state index contributed by atoms with van der Waals surface area (Å²) in [4.78, 5) is 0. The highest BCUT2D eigenvalue weighted by Crippen LogP contribution is 2.35. The summed E-state index contributed by atoms with van der Waals surface area (Å²) >= 11 is 0. The van der Waals surface area contributed by atoms with Crippen LogP contribution in [0.2, 0.25) is 0 Å². The molecule has 0 amide bonds. The molecule has 0 aromatic rings. The quantitative estimate of drug-likeness (QED) is 0.565. The largest absolute Gasteiger partial charge is 0.103 e. The summed E-state index contributed by atoms with van der Waals surface area (Å²) in [6.45, 7) is 8.15. The molecule has 0 saturated heterocycles. The molecule has 0 spiro atoms. The summed E-state index contributed by atoms with van der Waals surface area (Å²) in [6, 6.07) is 0. The fourth-order valence-corrected chi connectivity index (χ4v) is 3.45. The van der Waals surface area contributed by atoms with Crippen molar-refractivity contribution in [3.63, 3.8) is 0 Å². The van der Waals surface area contributed by atoms with Crippen LogP contribution in [-0.4, -0.2) is 0 Å². The Morgan fingerprint density at radius 2 is 1.94 bits per heavy atom. The van der Waals surface area contributed by atoms with Gasteiger partial charge in [-0.25, -0.2) is 0 Å². The van der Waals surface area contributed by atoms with Crippen molar-refractivity contribution in [2.75, 3.05) is 0 Å². The van der Waals surface area contributed by atoms with Crippen molar-refractivity contribution in [1.29, 1.82) is 0 Å². The molecule has 2 saturated carbocycles. The van der Waals surface area contributed by atoms with Gasteiger partial charge in [-0.1, -0.05) is 37.1 Å². The zero-order valence-corrected chi connectivity index (χ0v) is 11.1. The molecule has 94 valence electrons. The molecule has 2 aliphatic carbocycles. The molecule has 2 aliphatic rings. The van der Waals surface area contributed by atoms with Gasteiger partial charge in [0.1, 0.15) is 0 Å². The maximum atomic E-state index is 4.15. The first-order chi connectivity index (χ1) is 8.31. The zero-order chi connectivity index (χ0) is 12.1. The Morgan fingerprint density at radius 3 is 2.65 bits per heavy atom. The lowest BCUT2D eigenvalue weighted by molar-refractivity contribution is 0.270.